The van der Waals surface area contributed by atoms with Crippen LogP contribution in [0.1, 0.15) is 20.3 Å². The fourth-order valence-electron chi connectivity index (χ4n) is 2.55. The third kappa shape index (κ3) is 2.80. The number of nitrogens with one attached hydrogen (secondary N) is 1. The summed E-state index contributed by atoms with van der Waals surface area (Å²) >= 11 is 1.82. The Kier molecular flexibility index (Phi) is 4.65. The van der Waals surface area contributed by atoms with E-state index in [1.807, 2.05) is 30.2 Å². The van der Waals surface area contributed by atoms with Gasteiger partial charge in [-0.2, -0.15) is 0 Å². The molecule has 0 fully saturated rings. The number of aromatic nitrogens is 1. The molecule has 1 aromatic rings. The molecule has 1 aromatic heterocycles. The SMILES string of the molecule is C=NC(=O)NC(CC)C(C)C1Sc2ccncc2N1C. The molecule has 2 rings (SSSR count). The van der Waals surface area contributed by atoms with Gasteiger partial charge < -0.3 is 10.2 Å². The van der Waals surface area contributed by atoms with E-state index >= 15 is 0 Å². The van der Waals surface area contributed by atoms with E-state index < -0.39 is 0 Å². The van der Waals surface area contributed by atoms with Gasteiger partial charge in [0.05, 0.1) is 17.3 Å². The Balaban J connectivity index is 2.12. The lowest BCUT2D eigenvalue weighted by atomic mass is 9.98. The summed E-state index contributed by atoms with van der Waals surface area (Å²) in [6.45, 7) is 7.49. The molecule has 1 aliphatic rings. The van der Waals surface area contributed by atoms with Crippen molar-refractivity contribution in [2.24, 2.45) is 10.9 Å². The van der Waals surface area contributed by atoms with Gasteiger partial charge in [-0.05, 0) is 19.2 Å². The second-order valence-corrected chi connectivity index (χ2v) is 6.10. The molecule has 1 aliphatic heterocycles. The lowest BCUT2D eigenvalue weighted by Crippen LogP contribution is -2.45. The van der Waals surface area contributed by atoms with E-state index in [9.17, 15) is 4.79 Å². The molecule has 6 heteroatoms. The van der Waals surface area contributed by atoms with Crippen molar-refractivity contribution in [3.05, 3.63) is 18.5 Å². The number of urea groups is 1. The van der Waals surface area contributed by atoms with E-state index in [2.05, 4.69) is 47.8 Å². The fraction of sp³-hybridized carbons (Fsp3) is 0.500. The van der Waals surface area contributed by atoms with Gasteiger partial charge in [-0.1, -0.05) is 25.6 Å². The van der Waals surface area contributed by atoms with Crippen molar-refractivity contribution in [2.45, 2.75) is 36.6 Å². The van der Waals surface area contributed by atoms with Crippen LogP contribution < -0.4 is 10.2 Å². The molecule has 3 atom stereocenters. The standard InChI is InChI=1S/C14H20N4OS/c1-5-10(17-14(19)15-3)9(2)13-18(4)11-8-16-7-6-12(11)20-13/h6-10,13H,3,5H2,1-2,4H3,(H,17,19). The normalized spacial score (nSPS) is 20.1. The molecule has 0 spiro atoms. The Morgan fingerprint density at radius 1 is 1.70 bits per heavy atom. The Morgan fingerprint density at radius 3 is 3.05 bits per heavy atom. The van der Waals surface area contributed by atoms with Crippen LogP contribution >= 0.6 is 11.8 Å². The molecule has 0 saturated carbocycles. The van der Waals surface area contributed by atoms with Gasteiger partial charge in [0.1, 0.15) is 0 Å². The van der Waals surface area contributed by atoms with Crippen LogP contribution in [0.25, 0.3) is 0 Å². The van der Waals surface area contributed by atoms with Gasteiger partial charge in [0, 0.05) is 30.1 Å². The minimum absolute atomic E-state index is 0.0789. The van der Waals surface area contributed by atoms with E-state index in [1.54, 1.807) is 0 Å². The number of aliphatic imine (C=N–C) groups is 1. The van der Waals surface area contributed by atoms with Crippen molar-refractivity contribution in [1.29, 1.82) is 0 Å². The van der Waals surface area contributed by atoms with Gasteiger partial charge in [0.2, 0.25) is 0 Å². The first kappa shape index (κ1) is 14.8. The van der Waals surface area contributed by atoms with Crippen LogP contribution in [0.3, 0.4) is 0 Å². The number of rotatable bonds is 4. The van der Waals surface area contributed by atoms with E-state index in [0.717, 1.165) is 12.1 Å². The smallest absolute Gasteiger partial charge is 0.340 e. The van der Waals surface area contributed by atoms with Crippen molar-refractivity contribution in [2.75, 3.05) is 11.9 Å². The molecule has 20 heavy (non-hydrogen) atoms. The number of hydrogen-bond acceptors (Lipinski definition) is 4. The zero-order valence-electron chi connectivity index (χ0n) is 12.0. The highest BCUT2D eigenvalue weighted by molar-refractivity contribution is 8.00. The zero-order valence-corrected chi connectivity index (χ0v) is 12.9. The van der Waals surface area contributed by atoms with Crippen molar-refractivity contribution in [3.63, 3.8) is 0 Å². The zero-order chi connectivity index (χ0) is 14.7. The van der Waals surface area contributed by atoms with Crippen molar-refractivity contribution < 1.29 is 4.79 Å². The van der Waals surface area contributed by atoms with Crippen LogP contribution in [0, 0.1) is 5.92 Å². The molecular formula is C14H20N4OS. The van der Waals surface area contributed by atoms with Crippen molar-refractivity contribution in [1.82, 2.24) is 10.3 Å². The monoisotopic (exact) mass is 292 g/mol. The lowest BCUT2D eigenvalue weighted by molar-refractivity contribution is 0.239. The Labute approximate surface area is 123 Å². The fourth-order valence-corrected chi connectivity index (χ4v) is 3.95. The van der Waals surface area contributed by atoms with Crippen molar-refractivity contribution in [3.8, 4) is 0 Å². The minimum atomic E-state index is -0.353. The molecule has 0 saturated heterocycles. The second-order valence-electron chi connectivity index (χ2n) is 4.94. The summed E-state index contributed by atoms with van der Waals surface area (Å²) in [6, 6.07) is 1.76. The number of carbonyl (C=O) groups excluding carboxylic acids is 1. The third-order valence-electron chi connectivity index (χ3n) is 3.75. The summed E-state index contributed by atoms with van der Waals surface area (Å²) in [7, 11) is 2.07. The van der Waals surface area contributed by atoms with Crippen LogP contribution in [0.5, 0.6) is 0 Å². The maximum atomic E-state index is 11.4. The number of pyridine rings is 1. The highest BCUT2D eigenvalue weighted by Crippen LogP contribution is 2.45. The average Bonchev–Trinajstić information content (AvgIpc) is 2.81. The van der Waals surface area contributed by atoms with Gasteiger partial charge in [0.15, 0.2) is 0 Å². The number of thioether (sulfide) groups is 1. The largest absolute Gasteiger partial charge is 0.360 e. The van der Waals surface area contributed by atoms with Gasteiger partial charge >= 0.3 is 6.03 Å². The number of hydrogen-bond donors (Lipinski definition) is 1. The molecule has 0 aromatic carbocycles. The number of amides is 2. The predicted octanol–water partition coefficient (Wildman–Crippen LogP) is 2.77. The Hall–Kier alpha value is -1.56. The average molecular weight is 292 g/mol. The summed E-state index contributed by atoms with van der Waals surface area (Å²) in [4.78, 5) is 22.5. The molecule has 0 aliphatic carbocycles. The summed E-state index contributed by atoms with van der Waals surface area (Å²) in [5.74, 6) is 0.285. The van der Waals surface area contributed by atoms with Crippen molar-refractivity contribution >= 4 is 30.2 Å². The van der Waals surface area contributed by atoms with E-state index in [-0.39, 0.29) is 23.4 Å². The molecule has 3 unspecified atom stereocenters. The Morgan fingerprint density at radius 2 is 2.45 bits per heavy atom. The highest BCUT2D eigenvalue weighted by Gasteiger charge is 2.35. The predicted molar refractivity (Wildman–Crippen MR) is 83.6 cm³/mol. The number of nitrogens with zero attached hydrogens (tertiary/aromatic N) is 3. The van der Waals surface area contributed by atoms with Crippen LogP contribution in [0.4, 0.5) is 10.5 Å². The maximum Gasteiger partial charge on any atom is 0.340 e. The van der Waals surface area contributed by atoms with E-state index in [1.165, 1.54) is 4.90 Å². The van der Waals surface area contributed by atoms with Crippen LogP contribution in [-0.4, -0.2) is 36.2 Å². The summed E-state index contributed by atoms with van der Waals surface area (Å²) in [5.41, 5.74) is 1.15. The lowest BCUT2D eigenvalue weighted by Gasteiger charge is -2.32. The topological polar surface area (TPSA) is 57.6 Å². The maximum absolute atomic E-state index is 11.4. The number of fused-ring (bicyclic) bond motifs is 1. The van der Waals surface area contributed by atoms with Crippen LogP contribution in [0.15, 0.2) is 28.3 Å². The molecule has 2 heterocycles. The molecule has 2 amide bonds. The Bertz CT molecular complexity index is 508. The van der Waals surface area contributed by atoms with Gasteiger partial charge in [0.25, 0.3) is 0 Å². The highest BCUT2D eigenvalue weighted by atomic mass is 32.2. The quantitative estimate of drug-likeness (QED) is 0.867. The molecule has 1 N–H and O–H groups in total. The number of carbonyl (C=O) groups is 1. The first-order chi connectivity index (χ1) is 9.58. The minimum Gasteiger partial charge on any atom is -0.360 e. The molecule has 108 valence electrons. The third-order valence-corrected chi connectivity index (χ3v) is 5.33. The summed E-state index contributed by atoms with van der Waals surface area (Å²) < 4.78 is 0. The molecule has 0 bridgehead atoms. The second kappa shape index (κ2) is 6.26. The molecule has 0 radical (unpaired) electrons. The molecule has 5 nitrogen and oxygen atoms in total. The van der Waals surface area contributed by atoms with E-state index in [0.29, 0.717) is 0 Å². The summed E-state index contributed by atoms with van der Waals surface area (Å²) in [5, 5.41) is 3.20. The van der Waals surface area contributed by atoms with Gasteiger partial charge in [-0.3, -0.25) is 4.98 Å². The summed E-state index contributed by atoms with van der Waals surface area (Å²) in [6.07, 6.45) is 4.56. The van der Waals surface area contributed by atoms with Crippen LogP contribution in [0.2, 0.25) is 0 Å². The van der Waals surface area contributed by atoms with Crippen LogP contribution in [-0.2, 0) is 0 Å². The van der Waals surface area contributed by atoms with Gasteiger partial charge in [-0.15, -0.1) is 0 Å². The van der Waals surface area contributed by atoms with E-state index in [4.69, 9.17) is 0 Å². The number of anilines is 1. The molecular weight excluding hydrogens is 272 g/mol. The van der Waals surface area contributed by atoms with Gasteiger partial charge in [-0.25, -0.2) is 9.79 Å². The first-order valence-electron chi connectivity index (χ1n) is 6.69. The first-order valence-corrected chi connectivity index (χ1v) is 7.57.